The highest BCUT2D eigenvalue weighted by molar-refractivity contribution is 5.72. The summed E-state index contributed by atoms with van der Waals surface area (Å²) in [5, 5.41) is 0. The van der Waals surface area contributed by atoms with Crippen molar-refractivity contribution in [3.8, 4) is 0 Å². The zero-order chi connectivity index (χ0) is 13.0. The maximum atomic E-state index is 11.6. The molecular weight excluding hydrogens is 224 g/mol. The predicted molar refractivity (Wildman–Crippen MR) is 71.0 cm³/mol. The number of carbonyl (C=O) groups excluding carboxylic acids is 1. The van der Waals surface area contributed by atoms with Gasteiger partial charge in [-0.15, -0.1) is 0 Å². The van der Waals surface area contributed by atoms with E-state index in [9.17, 15) is 4.79 Å². The second-order valence-corrected chi connectivity index (χ2v) is 7.33. The summed E-state index contributed by atoms with van der Waals surface area (Å²) in [4.78, 5) is 11.6. The summed E-state index contributed by atoms with van der Waals surface area (Å²) in [5.41, 5.74) is 2.12. The largest absolute Gasteiger partial charge is 0.461 e. The second-order valence-electron chi connectivity index (χ2n) is 7.33. The molecule has 0 bridgehead atoms. The molecule has 1 heterocycles. The molecule has 1 saturated heterocycles. The van der Waals surface area contributed by atoms with Crippen molar-refractivity contribution in [2.75, 3.05) is 6.61 Å². The van der Waals surface area contributed by atoms with Crippen molar-refractivity contribution in [2.45, 2.75) is 52.9 Å². The molecule has 1 saturated carbocycles. The van der Waals surface area contributed by atoms with Crippen LogP contribution in [-0.4, -0.2) is 12.6 Å². The maximum absolute atomic E-state index is 11.6. The standard InChI is InChI=1S/C16H24O2/c1-15(2)7-4-8-16(3)12-9-14(17)18-10-11(12)5-6-13(15)16/h5,12-13H,4,6-10H2,1-3H3/t12-,13-,16+/m1/s1. The molecule has 3 atom stereocenters. The Kier molecular flexibility index (Phi) is 2.62. The number of carbonyl (C=O) groups is 1. The van der Waals surface area contributed by atoms with Gasteiger partial charge in [0.15, 0.2) is 0 Å². The van der Waals surface area contributed by atoms with Crippen LogP contribution in [0.2, 0.25) is 0 Å². The summed E-state index contributed by atoms with van der Waals surface area (Å²) < 4.78 is 5.22. The lowest BCUT2D eigenvalue weighted by atomic mass is 9.48. The lowest BCUT2D eigenvalue weighted by molar-refractivity contribution is -0.151. The minimum Gasteiger partial charge on any atom is -0.461 e. The fourth-order valence-electron chi connectivity index (χ4n) is 4.92. The van der Waals surface area contributed by atoms with Gasteiger partial charge in [0.05, 0.1) is 6.42 Å². The third-order valence-corrected chi connectivity index (χ3v) is 5.91. The number of fused-ring (bicyclic) bond motifs is 3. The van der Waals surface area contributed by atoms with E-state index < -0.39 is 0 Å². The van der Waals surface area contributed by atoms with Gasteiger partial charge in [0.2, 0.25) is 0 Å². The van der Waals surface area contributed by atoms with E-state index in [1.807, 2.05) is 0 Å². The lowest BCUT2D eigenvalue weighted by Gasteiger charge is -2.57. The van der Waals surface area contributed by atoms with E-state index in [4.69, 9.17) is 4.74 Å². The van der Waals surface area contributed by atoms with Crippen molar-refractivity contribution in [1.29, 1.82) is 0 Å². The van der Waals surface area contributed by atoms with Gasteiger partial charge in [-0.25, -0.2) is 0 Å². The van der Waals surface area contributed by atoms with Crippen LogP contribution in [0.1, 0.15) is 52.9 Å². The molecule has 2 aliphatic carbocycles. The molecule has 2 nitrogen and oxygen atoms in total. The Morgan fingerprint density at radius 2 is 2.06 bits per heavy atom. The van der Waals surface area contributed by atoms with Gasteiger partial charge >= 0.3 is 5.97 Å². The first-order valence-corrected chi connectivity index (χ1v) is 7.28. The monoisotopic (exact) mass is 248 g/mol. The number of allylic oxidation sites excluding steroid dienone is 1. The summed E-state index contributed by atoms with van der Waals surface area (Å²) >= 11 is 0. The van der Waals surface area contributed by atoms with E-state index in [0.29, 0.717) is 29.8 Å². The number of esters is 1. The average molecular weight is 248 g/mol. The summed E-state index contributed by atoms with van der Waals surface area (Å²) in [6.45, 7) is 7.80. The minimum atomic E-state index is 0.00223. The molecule has 0 radical (unpaired) electrons. The Bertz CT molecular complexity index is 407. The van der Waals surface area contributed by atoms with E-state index in [-0.39, 0.29) is 5.97 Å². The number of hydrogen-bond acceptors (Lipinski definition) is 2. The Morgan fingerprint density at radius 3 is 2.83 bits per heavy atom. The SMILES string of the molecule is CC1(C)CCC[C@@]2(C)[C@@H]3CC(=O)OCC3=CC[C@H]12. The summed E-state index contributed by atoms with van der Waals surface area (Å²) in [5.74, 6) is 1.16. The lowest BCUT2D eigenvalue weighted by Crippen LogP contribution is -2.50. The van der Waals surface area contributed by atoms with Gasteiger partial charge < -0.3 is 4.74 Å². The molecule has 1 aliphatic heterocycles. The van der Waals surface area contributed by atoms with Crippen molar-refractivity contribution >= 4 is 5.97 Å². The van der Waals surface area contributed by atoms with Gasteiger partial charge in [-0.3, -0.25) is 4.79 Å². The zero-order valence-corrected chi connectivity index (χ0v) is 11.8. The number of hydrogen-bond donors (Lipinski definition) is 0. The first-order valence-electron chi connectivity index (χ1n) is 7.28. The van der Waals surface area contributed by atoms with E-state index in [1.54, 1.807) is 0 Å². The fourth-order valence-corrected chi connectivity index (χ4v) is 4.92. The van der Waals surface area contributed by atoms with Crippen LogP contribution in [0.15, 0.2) is 11.6 Å². The molecule has 0 aromatic rings. The molecule has 0 aromatic heterocycles. The first-order chi connectivity index (χ1) is 8.43. The van der Waals surface area contributed by atoms with Crippen molar-refractivity contribution in [3.05, 3.63) is 11.6 Å². The number of cyclic esters (lactones) is 1. The molecule has 3 aliphatic rings. The third-order valence-electron chi connectivity index (χ3n) is 5.91. The maximum Gasteiger partial charge on any atom is 0.306 e. The van der Waals surface area contributed by atoms with Gasteiger partial charge in [-0.1, -0.05) is 33.3 Å². The quantitative estimate of drug-likeness (QED) is 0.482. The smallest absolute Gasteiger partial charge is 0.306 e. The van der Waals surface area contributed by atoms with E-state index in [0.717, 1.165) is 5.92 Å². The van der Waals surface area contributed by atoms with Crippen LogP contribution in [-0.2, 0) is 9.53 Å². The Labute approximate surface area is 110 Å². The van der Waals surface area contributed by atoms with Crippen LogP contribution in [0.3, 0.4) is 0 Å². The van der Waals surface area contributed by atoms with Crippen LogP contribution < -0.4 is 0 Å². The molecule has 0 unspecified atom stereocenters. The van der Waals surface area contributed by atoms with Crippen molar-refractivity contribution in [1.82, 2.24) is 0 Å². The molecule has 0 amide bonds. The van der Waals surface area contributed by atoms with Crippen LogP contribution in [0.25, 0.3) is 0 Å². The molecular formula is C16H24O2. The molecule has 100 valence electrons. The average Bonchev–Trinajstić information content (AvgIpc) is 2.29. The van der Waals surface area contributed by atoms with Crippen LogP contribution >= 0.6 is 0 Å². The molecule has 0 aromatic carbocycles. The van der Waals surface area contributed by atoms with Crippen LogP contribution in [0.4, 0.5) is 0 Å². The van der Waals surface area contributed by atoms with Crippen LogP contribution in [0, 0.1) is 22.7 Å². The first kappa shape index (κ1) is 12.3. The van der Waals surface area contributed by atoms with E-state index in [2.05, 4.69) is 26.8 Å². The van der Waals surface area contributed by atoms with Gasteiger partial charge in [-0.2, -0.15) is 0 Å². The molecule has 2 heteroatoms. The van der Waals surface area contributed by atoms with Crippen molar-refractivity contribution in [3.63, 3.8) is 0 Å². The minimum absolute atomic E-state index is 0.00223. The second kappa shape index (κ2) is 3.85. The molecule has 0 spiro atoms. The van der Waals surface area contributed by atoms with Gasteiger partial charge in [0.25, 0.3) is 0 Å². The fraction of sp³-hybridized carbons (Fsp3) is 0.812. The molecule has 0 N–H and O–H groups in total. The highest BCUT2D eigenvalue weighted by Gasteiger charge is 2.53. The van der Waals surface area contributed by atoms with Gasteiger partial charge in [-0.05, 0) is 47.5 Å². The zero-order valence-electron chi connectivity index (χ0n) is 11.8. The summed E-state index contributed by atoms with van der Waals surface area (Å²) in [6, 6.07) is 0. The normalized spacial score (nSPS) is 42.4. The van der Waals surface area contributed by atoms with Crippen molar-refractivity contribution in [2.24, 2.45) is 22.7 Å². The van der Waals surface area contributed by atoms with Gasteiger partial charge in [0, 0.05) is 0 Å². The van der Waals surface area contributed by atoms with Gasteiger partial charge in [0.1, 0.15) is 6.61 Å². The highest BCUT2D eigenvalue weighted by atomic mass is 16.5. The molecule has 18 heavy (non-hydrogen) atoms. The summed E-state index contributed by atoms with van der Waals surface area (Å²) in [7, 11) is 0. The molecule has 2 fully saturated rings. The topological polar surface area (TPSA) is 26.3 Å². The van der Waals surface area contributed by atoms with Crippen LogP contribution in [0.5, 0.6) is 0 Å². The number of rotatable bonds is 0. The van der Waals surface area contributed by atoms with Crippen molar-refractivity contribution < 1.29 is 9.53 Å². The molecule has 3 rings (SSSR count). The van der Waals surface area contributed by atoms with E-state index in [1.165, 1.54) is 31.3 Å². The van der Waals surface area contributed by atoms with E-state index >= 15 is 0 Å². The Morgan fingerprint density at radius 1 is 1.28 bits per heavy atom. The third kappa shape index (κ3) is 1.64. The Balaban J connectivity index is 1.99. The summed E-state index contributed by atoms with van der Waals surface area (Å²) in [6.07, 6.45) is 8.06. The Hall–Kier alpha value is -0.790. The number of ether oxygens (including phenoxy) is 1. The highest BCUT2D eigenvalue weighted by Crippen LogP contribution is 2.60. The predicted octanol–water partition coefficient (Wildman–Crippen LogP) is 3.71.